The average molecular weight is 295 g/mol. The second-order valence-electron chi connectivity index (χ2n) is 5.68. The maximum Gasteiger partial charge on any atom is 0.173 e. The third kappa shape index (κ3) is 3.97. The normalized spacial score (nSPS) is 12.8. The number of aromatic nitrogens is 2. The van der Waals surface area contributed by atoms with E-state index in [-0.39, 0.29) is 11.3 Å². The van der Waals surface area contributed by atoms with Crippen molar-refractivity contribution in [2.24, 2.45) is 15.9 Å². The molecule has 1 aromatic heterocycles. The first kappa shape index (κ1) is 15.8. The molecule has 0 spiro atoms. The molecule has 0 aliphatic carbocycles. The van der Waals surface area contributed by atoms with Crippen molar-refractivity contribution >= 4 is 12.1 Å². The molecule has 0 amide bonds. The molecule has 0 saturated carbocycles. The molecule has 0 aliphatic rings. The van der Waals surface area contributed by atoms with E-state index in [1.807, 2.05) is 12.1 Å². The van der Waals surface area contributed by atoms with Crippen molar-refractivity contribution in [3.63, 3.8) is 0 Å². The van der Waals surface area contributed by atoms with E-state index in [9.17, 15) is 0 Å². The quantitative estimate of drug-likeness (QED) is 0.523. The highest BCUT2D eigenvalue weighted by Crippen LogP contribution is 2.26. The predicted octanol–water partition coefficient (Wildman–Crippen LogP) is 2.90. The average Bonchev–Trinajstić information content (AvgIpc) is 2.56. The summed E-state index contributed by atoms with van der Waals surface area (Å²) in [5, 5.41) is 7.94. The van der Waals surface area contributed by atoms with Crippen LogP contribution in [-0.4, -0.2) is 22.0 Å². The lowest BCUT2D eigenvalue weighted by molar-refractivity contribution is 0.506. The summed E-state index contributed by atoms with van der Waals surface area (Å²) in [5.74, 6) is 0.244. The van der Waals surface area contributed by atoms with Gasteiger partial charge in [0, 0.05) is 12.4 Å². The Labute approximate surface area is 131 Å². The lowest BCUT2D eigenvalue weighted by atomic mass is 9.82. The van der Waals surface area contributed by atoms with E-state index >= 15 is 0 Å². The molecule has 0 aliphatic heterocycles. The van der Waals surface area contributed by atoms with Gasteiger partial charge in [0.05, 0.1) is 12.4 Å². The molecular weight excluding hydrogens is 274 g/mol. The minimum atomic E-state index is 0.185. The summed E-state index contributed by atoms with van der Waals surface area (Å²) in [6, 6.07) is 8.32. The van der Waals surface area contributed by atoms with Gasteiger partial charge >= 0.3 is 0 Å². The van der Waals surface area contributed by atoms with Crippen LogP contribution in [0.3, 0.4) is 0 Å². The van der Waals surface area contributed by atoms with Gasteiger partial charge in [0.15, 0.2) is 5.84 Å². The Morgan fingerprint density at radius 2 is 1.95 bits per heavy atom. The molecule has 22 heavy (non-hydrogen) atoms. The molecule has 0 unspecified atom stereocenters. The fourth-order valence-electron chi connectivity index (χ4n) is 1.86. The zero-order chi connectivity index (χ0) is 16.0. The third-order valence-electron chi connectivity index (χ3n) is 3.77. The van der Waals surface area contributed by atoms with Crippen LogP contribution in [0, 0.1) is 0 Å². The molecule has 114 valence electrons. The number of nitrogens with two attached hydrogens (primary N) is 1. The van der Waals surface area contributed by atoms with Gasteiger partial charge in [0.1, 0.15) is 5.69 Å². The molecule has 0 atom stereocenters. The number of amidine groups is 1. The minimum absolute atomic E-state index is 0.185. The Bertz CT molecular complexity index is 657. The molecule has 2 aromatic rings. The van der Waals surface area contributed by atoms with Crippen LogP contribution < -0.4 is 5.73 Å². The molecule has 5 nitrogen and oxygen atoms in total. The zero-order valence-electron chi connectivity index (χ0n) is 13.2. The molecule has 0 bridgehead atoms. The summed E-state index contributed by atoms with van der Waals surface area (Å²) in [5.41, 5.74) is 8.78. The number of benzene rings is 1. The Hall–Kier alpha value is -2.56. The van der Waals surface area contributed by atoms with Gasteiger partial charge in [0.25, 0.3) is 0 Å². The third-order valence-corrected chi connectivity index (χ3v) is 3.77. The SMILES string of the molecule is CCC(C)(C)c1ccc(/C=N/N=C(\N)c2cnccn2)cc1. The molecular formula is C17H21N5. The van der Waals surface area contributed by atoms with Gasteiger partial charge in [0.2, 0.25) is 0 Å². The number of rotatable bonds is 5. The Balaban J connectivity index is 2.08. The lowest BCUT2D eigenvalue weighted by Gasteiger charge is -2.23. The topological polar surface area (TPSA) is 76.5 Å². The fourth-order valence-corrected chi connectivity index (χ4v) is 1.86. The van der Waals surface area contributed by atoms with E-state index in [2.05, 4.69) is 53.1 Å². The summed E-state index contributed by atoms with van der Waals surface area (Å²) < 4.78 is 0. The van der Waals surface area contributed by atoms with Crippen molar-refractivity contribution in [3.05, 3.63) is 59.7 Å². The van der Waals surface area contributed by atoms with Crippen LogP contribution in [0.15, 0.2) is 53.1 Å². The van der Waals surface area contributed by atoms with E-state index in [1.165, 1.54) is 5.56 Å². The standard InChI is InChI=1S/C17H21N5/c1-4-17(2,3)14-7-5-13(6-8-14)11-21-22-16(18)15-12-19-9-10-20-15/h5-12H,4H2,1-3H3,(H2,18,22)/b21-11+. The molecule has 1 heterocycles. The Morgan fingerprint density at radius 3 is 2.55 bits per heavy atom. The van der Waals surface area contributed by atoms with Crippen LogP contribution in [0.1, 0.15) is 44.0 Å². The molecule has 5 heteroatoms. The van der Waals surface area contributed by atoms with Crippen LogP contribution in [0.25, 0.3) is 0 Å². The lowest BCUT2D eigenvalue weighted by Crippen LogP contribution is -2.15. The van der Waals surface area contributed by atoms with Crippen molar-refractivity contribution < 1.29 is 0 Å². The van der Waals surface area contributed by atoms with Crippen molar-refractivity contribution in [2.75, 3.05) is 0 Å². The Kier molecular flexibility index (Phi) is 4.99. The number of hydrogen-bond acceptors (Lipinski definition) is 4. The highest BCUT2D eigenvalue weighted by molar-refractivity contribution is 5.95. The van der Waals surface area contributed by atoms with Crippen LogP contribution in [0.4, 0.5) is 0 Å². The van der Waals surface area contributed by atoms with Gasteiger partial charge in [-0.05, 0) is 23.0 Å². The monoisotopic (exact) mass is 295 g/mol. The second kappa shape index (κ2) is 6.93. The van der Waals surface area contributed by atoms with Crippen molar-refractivity contribution in [3.8, 4) is 0 Å². The molecule has 0 fully saturated rings. The summed E-state index contributed by atoms with van der Waals surface area (Å²) >= 11 is 0. The van der Waals surface area contributed by atoms with E-state index in [4.69, 9.17) is 5.73 Å². The molecule has 0 saturated heterocycles. The van der Waals surface area contributed by atoms with E-state index in [1.54, 1.807) is 24.8 Å². The van der Waals surface area contributed by atoms with Crippen LogP contribution in [0.2, 0.25) is 0 Å². The summed E-state index contributed by atoms with van der Waals surface area (Å²) in [4.78, 5) is 8.00. The second-order valence-corrected chi connectivity index (χ2v) is 5.68. The van der Waals surface area contributed by atoms with Crippen molar-refractivity contribution in [1.29, 1.82) is 0 Å². The van der Waals surface area contributed by atoms with Gasteiger partial charge in [-0.25, -0.2) is 4.98 Å². The Morgan fingerprint density at radius 1 is 1.23 bits per heavy atom. The molecule has 1 aromatic carbocycles. The first-order chi connectivity index (χ1) is 10.5. The van der Waals surface area contributed by atoms with E-state index < -0.39 is 0 Å². The molecule has 2 N–H and O–H groups in total. The molecule has 0 radical (unpaired) electrons. The summed E-state index contributed by atoms with van der Waals surface area (Å²) in [6.45, 7) is 6.67. The van der Waals surface area contributed by atoms with Crippen LogP contribution in [0.5, 0.6) is 0 Å². The van der Waals surface area contributed by atoms with E-state index in [0.29, 0.717) is 5.69 Å². The number of nitrogens with zero attached hydrogens (tertiary/aromatic N) is 4. The van der Waals surface area contributed by atoms with E-state index in [0.717, 1.165) is 12.0 Å². The smallest absolute Gasteiger partial charge is 0.173 e. The van der Waals surface area contributed by atoms with Gasteiger partial charge in [-0.15, -0.1) is 5.10 Å². The van der Waals surface area contributed by atoms with Gasteiger partial charge in [-0.3, -0.25) is 4.98 Å². The van der Waals surface area contributed by atoms with Crippen molar-refractivity contribution in [1.82, 2.24) is 9.97 Å². The molecule has 2 rings (SSSR count). The van der Waals surface area contributed by atoms with Gasteiger partial charge < -0.3 is 5.73 Å². The maximum absolute atomic E-state index is 5.79. The predicted molar refractivity (Wildman–Crippen MR) is 90.1 cm³/mol. The fraction of sp³-hybridized carbons (Fsp3) is 0.294. The maximum atomic E-state index is 5.79. The van der Waals surface area contributed by atoms with Gasteiger partial charge in [-0.1, -0.05) is 45.0 Å². The van der Waals surface area contributed by atoms with Crippen molar-refractivity contribution in [2.45, 2.75) is 32.6 Å². The van der Waals surface area contributed by atoms with Crippen LogP contribution in [-0.2, 0) is 5.41 Å². The van der Waals surface area contributed by atoms with Gasteiger partial charge in [-0.2, -0.15) is 5.10 Å². The summed E-state index contributed by atoms with van der Waals surface area (Å²) in [7, 11) is 0. The summed E-state index contributed by atoms with van der Waals surface area (Å²) in [6.07, 6.45) is 7.47. The highest BCUT2D eigenvalue weighted by Gasteiger charge is 2.17. The minimum Gasteiger partial charge on any atom is -0.380 e. The number of hydrogen-bond donors (Lipinski definition) is 1. The first-order valence-corrected chi connectivity index (χ1v) is 7.26. The zero-order valence-corrected chi connectivity index (χ0v) is 13.2. The van der Waals surface area contributed by atoms with Crippen LogP contribution >= 0.6 is 0 Å². The highest BCUT2D eigenvalue weighted by atomic mass is 15.2. The first-order valence-electron chi connectivity index (χ1n) is 7.26. The largest absolute Gasteiger partial charge is 0.380 e.